The molecule has 0 atom stereocenters. The van der Waals surface area contributed by atoms with Crippen molar-refractivity contribution >= 4 is 40.7 Å². The van der Waals surface area contributed by atoms with Crippen LogP contribution in [0.5, 0.6) is 0 Å². The van der Waals surface area contributed by atoms with E-state index in [9.17, 15) is 9.59 Å². The summed E-state index contributed by atoms with van der Waals surface area (Å²) >= 11 is 12.0. The molecule has 2 amide bonds. The van der Waals surface area contributed by atoms with Crippen molar-refractivity contribution < 1.29 is 14.3 Å². The largest absolute Gasteiger partial charge is 0.379 e. The lowest BCUT2D eigenvalue weighted by Crippen LogP contribution is -2.44. The van der Waals surface area contributed by atoms with Gasteiger partial charge in [0.05, 0.1) is 35.5 Å². The molecular formula is C16H21Cl2N3O3. The fourth-order valence-corrected chi connectivity index (χ4v) is 2.75. The maximum Gasteiger partial charge on any atom is 0.244 e. The van der Waals surface area contributed by atoms with Crippen LogP contribution >= 0.6 is 23.2 Å². The zero-order chi connectivity index (χ0) is 17.5. The number of anilines is 1. The minimum absolute atomic E-state index is 0.0253. The van der Waals surface area contributed by atoms with E-state index in [1.165, 1.54) is 11.8 Å². The molecule has 24 heavy (non-hydrogen) atoms. The molecule has 0 bridgehead atoms. The summed E-state index contributed by atoms with van der Waals surface area (Å²) in [5.74, 6) is -0.452. The first kappa shape index (κ1) is 19.0. The van der Waals surface area contributed by atoms with Gasteiger partial charge in [-0.05, 0) is 12.1 Å². The van der Waals surface area contributed by atoms with Crippen molar-refractivity contribution in [3.05, 3.63) is 28.2 Å². The van der Waals surface area contributed by atoms with Gasteiger partial charge in [0.2, 0.25) is 11.8 Å². The number of hydrogen-bond donors (Lipinski definition) is 1. The van der Waals surface area contributed by atoms with Gasteiger partial charge in [0.25, 0.3) is 0 Å². The number of rotatable bonds is 6. The van der Waals surface area contributed by atoms with Gasteiger partial charge in [-0.25, -0.2) is 0 Å². The number of amides is 2. The second-order valence-corrected chi connectivity index (χ2v) is 6.33. The van der Waals surface area contributed by atoms with Crippen LogP contribution in [0.15, 0.2) is 18.2 Å². The molecule has 1 fully saturated rings. The Balaban J connectivity index is 1.88. The van der Waals surface area contributed by atoms with Gasteiger partial charge in [-0.1, -0.05) is 29.3 Å². The zero-order valence-corrected chi connectivity index (χ0v) is 15.1. The molecule has 2 rings (SSSR count). The molecule has 0 saturated carbocycles. The Bertz CT molecular complexity index is 592. The maximum absolute atomic E-state index is 12.2. The van der Waals surface area contributed by atoms with E-state index in [1.807, 2.05) is 0 Å². The van der Waals surface area contributed by atoms with Crippen LogP contribution in [0.1, 0.15) is 6.92 Å². The van der Waals surface area contributed by atoms with Crippen LogP contribution in [0.4, 0.5) is 5.69 Å². The lowest BCUT2D eigenvalue weighted by Gasteiger charge is -2.29. The molecule has 0 radical (unpaired) electrons. The van der Waals surface area contributed by atoms with Crippen LogP contribution in [0.3, 0.4) is 0 Å². The normalized spacial score (nSPS) is 15.1. The number of nitrogens with zero attached hydrogens (tertiary/aromatic N) is 2. The van der Waals surface area contributed by atoms with Crippen LogP contribution in [0, 0.1) is 0 Å². The molecule has 1 aromatic carbocycles. The third-order valence-corrected chi connectivity index (χ3v) is 4.61. The number of ether oxygens (including phenoxy) is 1. The van der Waals surface area contributed by atoms with Crippen molar-refractivity contribution in [2.24, 2.45) is 0 Å². The number of nitrogens with one attached hydrogen (secondary N) is 1. The average molecular weight is 374 g/mol. The molecule has 0 aromatic heterocycles. The molecule has 1 aromatic rings. The van der Waals surface area contributed by atoms with E-state index >= 15 is 0 Å². The van der Waals surface area contributed by atoms with Gasteiger partial charge in [0, 0.05) is 33.1 Å². The predicted molar refractivity (Wildman–Crippen MR) is 94.6 cm³/mol. The summed E-state index contributed by atoms with van der Waals surface area (Å²) in [6.07, 6.45) is 0. The summed E-state index contributed by atoms with van der Waals surface area (Å²) in [6, 6.07) is 5.01. The molecule has 0 unspecified atom stereocenters. The molecule has 1 aliphatic heterocycles. The fourth-order valence-electron chi connectivity index (χ4n) is 2.40. The highest BCUT2D eigenvalue weighted by molar-refractivity contribution is 6.44. The first-order chi connectivity index (χ1) is 11.5. The number of carbonyl (C=O) groups excluding carboxylic acids is 2. The topological polar surface area (TPSA) is 61.9 Å². The summed E-state index contributed by atoms with van der Waals surface area (Å²) < 4.78 is 5.30. The van der Waals surface area contributed by atoms with Crippen LogP contribution in [0.2, 0.25) is 10.0 Å². The summed E-state index contributed by atoms with van der Waals surface area (Å²) in [4.78, 5) is 27.7. The predicted octanol–water partition coefficient (Wildman–Crippen LogP) is 2.11. The highest BCUT2D eigenvalue weighted by Crippen LogP contribution is 2.29. The van der Waals surface area contributed by atoms with Crippen molar-refractivity contribution in [2.75, 3.05) is 51.3 Å². The molecule has 8 heteroatoms. The monoisotopic (exact) mass is 373 g/mol. The molecule has 6 nitrogen and oxygen atoms in total. The first-order valence-electron chi connectivity index (χ1n) is 7.77. The molecule has 132 valence electrons. The first-order valence-corrected chi connectivity index (χ1v) is 8.52. The number of benzene rings is 1. The number of halogens is 2. The van der Waals surface area contributed by atoms with E-state index < -0.39 is 0 Å². The Labute approximate surface area is 151 Å². The van der Waals surface area contributed by atoms with E-state index in [0.29, 0.717) is 37.0 Å². The second-order valence-electron chi connectivity index (χ2n) is 5.54. The zero-order valence-electron chi connectivity index (χ0n) is 13.6. The quantitative estimate of drug-likeness (QED) is 0.829. The van der Waals surface area contributed by atoms with E-state index in [2.05, 4.69) is 10.2 Å². The van der Waals surface area contributed by atoms with Gasteiger partial charge in [-0.15, -0.1) is 0 Å². The number of hydrogen-bond acceptors (Lipinski definition) is 4. The van der Waals surface area contributed by atoms with Crippen LogP contribution in [0.25, 0.3) is 0 Å². The van der Waals surface area contributed by atoms with Crippen molar-refractivity contribution in [2.45, 2.75) is 6.92 Å². The third kappa shape index (κ3) is 5.63. The molecule has 0 aliphatic carbocycles. The van der Waals surface area contributed by atoms with Crippen molar-refractivity contribution in [1.82, 2.24) is 9.80 Å². The molecule has 1 N–H and O–H groups in total. The Morgan fingerprint density at radius 1 is 1.29 bits per heavy atom. The molecule has 1 heterocycles. The van der Waals surface area contributed by atoms with Crippen LogP contribution < -0.4 is 5.32 Å². The van der Waals surface area contributed by atoms with Crippen molar-refractivity contribution in [3.63, 3.8) is 0 Å². The van der Waals surface area contributed by atoms with E-state index in [0.717, 1.165) is 13.1 Å². The van der Waals surface area contributed by atoms with E-state index in [1.54, 1.807) is 18.2 Å². The van der Waals surface area contributed by atoms with E-state index in [4.69, 9.17) is 27.9 Å². The highest BCUT2D eigenvalue weighted by Gasteiger charge is 2.17. The van der Waals surface area contributed by atoms with Gasteiger partial charge < -0.3 is 15.0 Å². The molecule has 0 spiro atoms. The number of carbonyl (C=O) groups is 2. The summed E-state index contributed by atoms with van der Waals surface area (Å²) in [6.45, 7) is 5.73. The molecular weight excluding hydrogens is 353 g/mol. The smallest absolute Gasteiger partial charge is 0.244 e. The average Bonchev–Trinajstić information content (AvgIpc) is 2.56. The Kier molecular flexibility index (Phi) is 7.30. The summed E-state index contributed by atoms with van der Waals surface area (Å²) in [5.41, 5.74) is 0.436. The van der Waals surface area contributed by atoms with Gasteiger partial charge >= 0.3 is 0 Å². The second kappa shape index (κ2) is 9.22. The van der Waals surface area contributed by atoms with Gasteiger partial charge in [0.15, 0.2) is 0 Å². The van der Waals surface area contributed by atoms with Gasteiger partial charge in [0.1, 0.15) is 0 Å². The maximum atomic E-state index is 12.2. The number of morpholine rings is 1. The van der Waals surface area contributed by atoms with Crippen molar-refractivity contribution in [3.8, 4) is 0 Å². The summed E-state index contributed by atoms with van der Waals surface area (Å²) in [5, 5.41) is 3.34. The lowest BCUT2D eigenvalue weighted by atomic mass is 10.3. The molecule has 1 aliphatic rings. The highest BCUT2D eigenvalue weighted by atomic mass is 35.5. The molecule has 1 saturated heterocycles. The third-order valence-electron chi connectivity index (χ3n) is 3.80. The van der Waals surface area contributed by atoms with Gasteiger partial charge in [-0.2, -0.15) is 0 Å². The minimum Gasteiger partial charge on any atom is -0.379 e. The Morgan fingerprint density at radius 3 is 2.67 bits per heavy atom. The Morgan fingerprint density at radius 2 is 2.00 bits per heavy atom. The standard InChI is InChI=1S/C16H21Cl2N3O3/c1-12(22)21(6-5-20-7-9-24-10-8-20)11-15(23)19-14-4-2-3-13(17)16(14)18/h2-4H,5-11H2,1H3,(H,19,23). The van der Waals surface area contributed by atoms with Crippen LogP contribution in [-0.2, 0) is 14.3 Å². The lowest BCUT2D eigenvalue weighted by molar-refractivity contribution is -0.133. The van der Waals surface area contributed by atoms with Crippen molar-refractivity contribution in [1.29, 1.82) is 0 Å². The fraction of sp³-hybridized carbons (Fsp3) is 0.500. The van der Waals surface area contributed by atoms with Crippen LogP contribution in [-0.4, -0.2) is 67.6 Å². The Hall–Kier alpha value is -1.34. The SMILES string of the molecule is CC(=O)N(CCN1CCOCC1)CC(=O)Nc1cccc(Cl)c1Cl. The minimum atomic E-state index is -0.309. The van der Waals surface area contributed by atoms with Gasteiger partial charge in [-0.3, -0.25) is 14.5 Å². The summed E-state index contributed by atoms with van der Waals surface area (Å²) in [7, 11) is 0. The van der Waals surface area contributed by atoms with E-state index in [-0.39, 0.29) is 23.4 Å².